The number of rotatable bonds is 1. The number of nitrogens with two attached hydrogens (primary N) is 1. The maximum atomic E-state index is 4.50. The smallest absolute Gasteiger partial charge is 0.333 e. The number of hydrazine groups is 1. The molecule has 0 radical (unpaired) electrons. The van der Waals surface area contributed by atoms with Gasteiger partial charge in [0.05, 0.1) is 13.3 Å². The summed E-state index contributed by atoms with van der Waals surface area (Å²) in [5.74, 6) is 0. The average molecular weight is 225 g/mol. The molecule has 0 aliphatic heterocycles. The van der Waals surface area contributed by atoms with Gasteiger partial charge < -0.3 is 5.73 Å². The standard InChI is InChI=1S/C4H12N2.C2H6NP2.CH5N/c1-5(2)6(3)4;1-4-3-5-2;1-2/h1-4H3;1-2H3;2H2,1H3/q;+1;. The molecule has 0 aromatic carbocycles. The summed E-state index contributed by atoms with van der Waals surface area (Å²) >= 11 is 0. The second-order valence-electron chi connectivity index (χ2n) is 2.18. The first kappa shape index (κ1) is 18.9. The van der Waals surface area contributed by atoms with Crippen molar-refractivity contribution in [2.24, 2.45) is 5.73 Å². The van der Waals surface area contributed by atoms with Gasteiger partial charge in [0.1, 0.15) is 0 Å². The Morgan fingerprint density at radius 1 is 0.846 bits per heavy atom. The molecule has 0 aromatic heterocycles. The molecule has 0 heterocycles. The Balaban J connectivity index is -0.000000131. The molecule has 13 heavy (non-hydrogen) atoms. The molecule has 4 nitrogen and oxygen atoms in total. The van der Waals surface area contributed by atoms with Gasteiger partial charge in [0.2, 0.25) is 0 Å². The molecule has 2 N–H and O–H groups in total. The Kier molecular flexibility index (Phi) is 26.2. The monoisotopic (exact) mass is 225 g/mol. The van der Waals surface area contributed by atoms with Crippen molar-refractivity contribution in [2.45, 2.75) is 0 Å². The summed E-state index contributed by atoms with van der Waals surface area (Å²) in [6, 6.07) is 0. The van der Waals surface area contributed by atoms with Crippen molar-refractivity contribution in [3.63, 3.8) is 0 Å². The van der Waals surface area contributed by atoms with Crippen LogP contribution < -0.4 is 9.91 Å². The summed E-state index contributed by atoms with van der Waals surface area (Å²) in [6.07, 6.45) is 0. The van der Waals surface area contributed by atoms with Gasteiger partial charge in [0, 0.05) is 28.2 Å². The van der Waals surface area contributed by atoms with Gasteiger partial charge >= 0.3 is 16.7 Å². The van der Waals surface area contributed by atoms with E-state index in [0.717, 1.165) is 16.7 Å². The molecular weight excluding hydrogens is 202 g/mol. The van der Waals surface area contributed by atoms with Crippen molar-refractivity contribution < 1.29 is 0 Å². The zero-order valence-corrected chi connectivity index (χ0v) is 11.6. The lowest BCUT2D eigenvalue weighted by Gasteiger charge is -2.17. The Bertz CT molecular complexity index is 118. The van der Waals surface area contributed by atoms with E-state index >= 15 is 0 Å². The van der Waals surface area contributed by atoms with Crippen LogP contribution in [0.2, 0.25) is 0 Å². The summed E-state index contributed by atoms with van der Waals surface area (Å²) in [5, 5.41) is 4.00. The Morgan fingerprint density at radius 2 is 1.08 bits per heavy atom. The number of hydrogen-bond acceptors (Lipinski definition) is 3. The molecule has 0 saturated heterocycles. The van der Waals surface area contributed by atoms with Crippen LogP contribution in [0.4, 0.5) is 0 Å². The molecule has 0 unspecified atom stereocenters. The van der Waals surface area contributed by atoms with Crippen LogP contribution in [0.3, 0.4) is 0 Å². The molecule has 6 heteroatoms. The highest BCUT2D eigenvalue weighted by atomic mass is 31.1. The highest BCUT2D eigenvalue weighted by Crippen LogP contribution is 1.80. The van der Waals surface area contributed by atoms with Crippen molar-refractivity contribution >= 4 is 16.7 Å². The average Bonchev–Trinajstić information content (AvgIpc) is 2.10. The lowest BCUT2D eigenvalue weighted by Crippen LogP contribution is -2.28. The van der Waals surface area contributed by atoms with E-state index in [1.807, 2.05) is 51.5 Å². The van der Waals surface area contributed by atoms with Gasteiger partial charge in [-0.1, -0.05) is 4.17 Å². The van der Waals surface area contributed by atoms with Gasteiger partial charge in [-0.25, -0.2) is 10.0 Å². The summed E-state index contributed by atoms with van der Waals surface area (Å²) in [6.45, 7) is 4.02. The SMILES string of the molecule is CN.CN(C)N(C)C.CP=[N+]=PC. The van der Waals surface area contributed by atoms with Crippen LogP contribution in [0.25, 0.3) is 0 Å². The van der Waals surface area contributed by atoms with Gasteiger partial charge in [-0.2, -0.15) is 0 Å². The fourth-order valence-electron chi connectivity index (χ4n) is 0.0894. The van der Waals surface area contributed by atoms with Crippen LogP contribution in [0.1, 0.15) is 0 Å². The van der Waals surface area contributed by atoms with Crippen molar-refractivity contribution in [3.05, 3.63) is 0 Å². The Labute approximate surface area is 85.9 Å². The first-order valence-corrected chi connectivity index (χ1v) is 6.45. The topological polar surface area (TPSA) is 46.6 Å². The zero-order valence-electron chi connectivity index (χ0n) is 9.81. The van der Waals surface area contributed by atoms with Crippen molar-refractivity contribution in [1.82, 2.24) is 14.2 Å². The van der Waals surface area contributed by atoms with E-state index in [1.165, 1.54) is 7.05 Å². The van der Waals surface area contributed by atoms with E-state index < -0.39 is 0 Å². The Morgan fingerprint density at radius 3 is 1.08 bits per heavy atom. The maximum Gasteiger partial charge on any atom is 0.358 e. The quantitative estimate of drug-likeness (QED) is 0.414. The third kappa shape index (κ3) is 33.0. The molecule has 0 atom stereocenters. The van der Waals surface area contributed by atoms with Gasteiger partial charge in [-0.3, -0.25) is 0 Å². The predicted molar refractivity (Wildman–Crippen MR) is 65.3 cm³/mol. The molecule has 0 aliphatic rings. The zero-order chi connectivity index (χ0) is 11.3. The van der Waals surface area contributed by atoms with Crippen LogP contribution in [0, 0.1) is 0 Å². The Hall–Kier alpha value is 0.190. The fourth-order valence-corrected chi connectivity index (χ4v) is 0.805. The predicted octanol–water partition coefficient (Wildman–Crippen LogP) is 1.17. The summed E-state index contributed by atoms with van der Waals surface area (Å²) in [7, 11) is 11.8. The van der Waals surface area contributed by atoms with Crippen LogP contribution in [0.15, 0.2) is 0 Å². The molecule has 0 bridgehead atoms. The van der Waals surface area contributed by atoms with E-state index in [1.54, 1.807) is 0 Å². The van der Waals surface area contributed by atoms with Crippen LogP contribution in [-0.4, -0.2) is 58.6 Å². The van der Waals surface area contributed by atoms with Crippen molar-refractivity contribution in [2.75, 3.05) is 48.6 Å². The normalized spacial score (nSPS) is 8.77. The van der Waals surface area contributed by atoms with Gasteiger partial charge in [-0.05, 0) is 7.05 Å². The molecular formula is C7H23N4P2+. The minimum atomic E-state index is 1.14. The third-order valence-electron chi connectivity index (χ3n) is 0.979. The first-order chi connectivity index (χ1) is 6.06. The summed E-state index contributed by atoms with van der Waals surface area (Å²) in [4.78, 5) is 0. The number of hydrogen-bond donors (Lipinski definition) is 1. The van der Waals surface area contributed by atoms with Gasteiger partial charge in [-0.15, -0.1) is 0 Å². The van der Waals surface area contributed by atoms with Crippen LogP contribution >= 0.6 is 16.7 Å². The molecule has 0 aromatic rings. The summed E-state index contributed by atoms with van der Waals surface area (Å²) < 4.78 is 3.92. The van der Waals surface area contributed by atoms with Gasteiger partial charge in [0.25, 0.3) is 0 Å². The molecule has 0 amide bonds. The van der Waals surface area contributed by atoms with E-state index in [2.05, 4.69) is 9.91 Å². The third-order valence-corrected chi connectivity index (χ3v) is 2.41. The fraction of sp³-hybridized carbons (Fsp3) is 1.00. The lowest BCUT2D eigenvalue weighted by atomic mass is 11.0. The van der Waals surface area contributed by atoms with Crippen molar-refractivity contribution in [1.29, 1.82) is 0 Å². The molecule has 0 fully saturated rings. The van der Waals surface area contributed by atoms with Crippen LogP contribution in [-0.2, 0) is 0 Å². The second kappa shape index (κ2) is 18.1. The highest BCUT2D eigenvalue weighted by Gasteiger charge is 1.84. The largest absolute Gasteiger partial charge is 0.358 e. The molecule has 0 rings (SSSR count). The highest BCUT2D eigenvalue weighted by molar-refractivity contribution is 7.33. The van der Waals surface area contributed by atoms with E-state index in [4.69, 9.17) is 0 Å². The second-order valence-corrected chi connectivity index (χ2v) is 3.70. The number of nitrogens with zero attached hydrogens (tertiary/aromatic N) is 3. The minimum Gasteiger partial charge on any atom is -0.333 e. The maximum absolute atomic E-state index is 4.50. The molecule has 80 valence electrons. The first-order valence-electron chi connectivity index (χ1n) is 3.86. The summed E-state index contributed by atoms with van der Waals surface area (Å²) in [5.41, 5.74) is 4.50. The van der Waals surface area contributed by atoms with E-state index in [9.17, 15) is 0 Å². The lowest BCUT2D eigenvalue weighted by molar-refractivity contribution is 0.0894. The molecule has 0 saturated carbocycles. The molecule has 0 spiro atoms. The van der Waals surface area contributed by atoms with E-state index in [0.29, 0.717) is 0 Å². The minimum absolute atomic E-state index is 1.14. The van der Waals surface area contributed by atoms with Crippen LogP contribution in [0.5, 0.6) is 0 Å². The van der Waals surface area contributed by atoms with Gasteiger partial charge in [0.15, 0.2) is 0 Å². The molecule has 0 aliphatic carbocycles. The van der Waals surface area contributed by atoms with E-state index in [-0.39, 0.29) is 0 Å². The van der Waals surface area contributed by atoms with Crippen molar-refractivity contribution in [3.8, 4) is 0 Å².